The van der Waals surface area contributed by atoms with E-state index in [0.717, 1.165) is 24.1 Å². The highest BCUT2D eigenvalue weighted by molar-refractivity contribution is 5.82. The first-order chi connectivity index (χ1) is 8.61. The quantitative estimate of drug-likeness (QED) is 0.888. The van der Waals surface area contributed by atoms with E-state index in [2.05, 4.69) is 5.32 Å². The summed E-state index contributed by atoms with van der Waals surface area (Å²) in [4.78, 5) is 13.9. The summed E-state index contributed by atoms with van der Waals surface area (Å²) in [6.45, 7) is 5.93. The summed E-state index contributed by atoms with van der Waals surface area (Å²) in [6.07, 6.45) is 0.789. The maximum absolute atomic E-state index is 13.2. The summed E-state index contributed by atoms with van der Waals surface area (Å²) in [5, 5.41) is 3.20. The summed E-state index contributed by atoms with van der Waals surface area (Å²) in [6, 6.07) is 4.64. The van der Waals surface area contributed by atoms with Crippen molar-refractivity contribution in [1.82, 2.24) is 10.2 Å². The Morgan fingerprint density at radius 1 is 1.50 bits per heavy atom. The van der Waals surface area contributed by atoms with Crippen molar-refractivity contribution in [3.63, 3.8) is 0 Å². The summed E-state index contributed by atoms with van der Waals surface area (Å²) < 4.78 is 13.2. The van der Waals surface area contributed by atoms with Crippen molar-refractivity contribution in [2.45, 2.75) is 32.9 Å². The smallest absolute Gasteiger partial charge is 0.240 e. The number of carbonyl (C=O) groups is 1. The van der Waals surface area contributed by atoms with Gasteiger partial charge in [0.2, 0.25) is 5.91 Å². The fourth-order valence-electron chi connectivity index (χ4n) is 2.28. The van der Waals surface area contributed by atoms with Crippen molar-refractivity contribution in [1.29, 1.82) is 0 Å². The van der Waals surface area contributed by atoms with Crippen LogP contribution in [0.3, 0.4) is 0 Å². The number of rotatable bonds is 3. The Kier molecular flexibility index (Phi) is 3.97. The van der Waals surface area contributed by atoms with Crippen LogP contribution in [0.4, 0.5) is 4.39 Å². The van der Waals surface area contributed by atoms with Crippen LogP contribution in [-0.2, 0) is 11.3 Å². The molecule has 1 aromatic carbocycles. The minimum atomic E-state index is -0.245. The summed E-state index contributed by atoms with van der Waals surface area (Å²) >= 11 is 0. The number of carbonyl (C=O) groups excluding carboxylic acids is 1. The summed E-state index contributed by atoms with van der Waals surface area (Å²) in [5.41, 5.74) is 1.91. The van der Waals surface area contributed by atoms with E-state index < -0.39 is 0 Å². The molecule has 0 bridgehead atoms. The number of piperazine rings is 1. The second kappa shape index (κ2) is 5.48. The second-order valence-corrected chi connectivity index (χ2v) is 4.75. The number of halogens is 1. The van der Waals surface area contributed by atoms with E-state index in [1.807, 2.05) is 18.7 Å². The molecular weight excluding hydrogens is 231 g/mol. The van der Waals surface area contributed by atoms with Crippen LogP contribution < -0.4 is 5.32 Å². The van der Waals surface area contributed by atoms with Gasteiger partial charge >= 0.3 is 0 Å². The van der Waals surface area contributed by atoms with E-state index >= 15 is 0 Å². The van der Waals surface area contributed by atoms with Crippen LogP contribution in [0.25, 0.3) is 0 Å². The van der Waals surface area contributed by atoms with Crippen LogP contribution in [0.1, 0.15) is 24.5 Å². The van der Waals surface area contributed by atoms with Gasteiger partial charge in [-0.15, -0.1) is 0 Å². The molecule has 0 aromatic heterocycles. The molecule has 0 radical (unpaired) electrons. The van der Waals surface area contributed by atoms with E-state index in [4.69, 9.17) is 0 Å². The molecule has 1 aliphatic rings. The van der Waals surface area contributed by atoms with Crippen LogP contribution in [0.2, 0.25) is 0 Å². The molecule has 18 heavy (non-hydrogen) atoms. The molecule has 1 N–H and O–H groups in total. The zero-order valence-electron chi connectivity index (χ0n) is 10.9. The van der Waals surface area contributed by atoms with E-state index in [1.54, 1.807) is 6.07 Å². The van der Waals surface area contributed by atoms with E-state index in [9.17, 15) is 9.18 Å². The molecule has 1 unspecified atom stereocenters. The number of benzene rings is 1. The van der Waals surface area contributed by atoms with Crippen LogP contribution in [-0.4, -0.2) is 29.9 Å². The Morgan fingerprint density at radius 3 is 3.00 bits per heavy atom. The van der Waals surface area contributed by atoms with Gasteiger partial charge in [-0.2, -0.15) is 0 Å². The molecule has 1 aromatic rings. The maximum Gasteiger partial charge on any atom is 0.240 e. The zero-order chi connectivity index (χ0) is 13.1. The lowest BCUT2D eigenvalue weighted by Crippen LogP contribution is -2.54. The van der Waals surface area contributed by atoms with Gasteiger partial charge in [0.1, 0.15) is 5.82 Å². The highest BCUT2D eigenvalue weighted by Gasteiger charge is 2.26. The number of hydrogen-bond donors (Lipinski definition) is 1. The predicted octanol–water partition coefficient (Wildman–Crippen LogP) is 1.84. The van der Waals surface area contributed by atoms with Crippen LogP contribution in [0, 0.1) is 12.7 Å². The van der Waals surface area contributed by atoms with Crippen molar-refractivity contribution in [3.8, 4) is 0 Å². The van der Waals surface area contributed by atoms with Gasteiger partial charge in [-0.25, -0.2) is 4.39 Å². The van der Waals surface area contributed by atoms with Crippen LogP contribution >= 0.6 is 0 Å². The lowest BCUT2D eigenvalue weighted by Gasteiger charge is -2.33. The number of nitrogens with zero attached hydrogens (tertiary/aromatic N) is 1. The van der Waals surface area contributed by atoms with Crippen molar-refractivity contribution in [2.24, 2.45) is 0 Å². The number of amides is 1. The first kappa shape index (κ1) is 13.0. The van der Waals surface area contributed by atoms with Crippen LogP contribution in [0.15, 0.2) is 18.2 Å². The zero-order valence-corrected chi connectivity index (χ0v) is 10.9. The van der Waals surface area contributed by atoms with E-state index in [0.29, 0.717) is 13.1 Å². The monoisotopic (exact) mass is 250 g/mol. The lowest BCUT2D eigenvalue weighted by molar-refractivity contribution is -0.136. The number of nitrogens with one attached hydrogen (secondary N) is 1. The predicted molar refractivity (Wildman–Crippen MR) is 68.6 cm³/mol. The number of aryl methyl sites for hydroxylation is 1. The largest absolute Gasteiger partial charge is 0.336 e. The summed E-state index contributed by atoms with van der Waals surface area (Å²) in [7, 11) is 0. The van der Waals surface area contributed by atoms with E-state index in [-0.39, 0.29) is 17.8 Å². The standard InChI is InChI=1S/C14H19FN2O/c1-3-13-14(18)17(7-6-16-13)9-11-8-12(15)5-4-10(11)2/h4-5,8,13,16H,3,6-7,9H2,1-2H3. The maximum atomic E-state index is 13.2. The molecule has 4 heteroatoms. The Bertz CT molecular complexity index is 447. The first-order valence-corrected chi connectivity index (χ1v) is 6.39. The highest BCUT2D eigenvalue weighted by atomic mass is 19.1. The third kappa shape index (κ3) is 2.70. The Labute approximate surface area is 107 Å². The first-order valence-electron chi connectivity index (χ1n) is 6.39. The molecule has 0 saturated carbocycles. The SMILES string of the molecule is CCC1NCCN(Cc2cc(F)ccc2C)C1=O. The highest BCUT2D eigenvalue weighted by Crippen LogP contribution is 2.15. The molecule has 0 spiro atoms. The van der Waals surface area contributed by atoms with Gasteiger partial charge in [0, 0.05) is 19.6 Å². The fraction of sp³-hybridized carbons (Fsp3) is 0.500. The van der Waals surface area contributed by atoms with E-state index in [1.165, 1.54) is 12.1 Å². The molecule has 1 saturated heterocycles. The summed E-state index contributed by atoms with van der Waals surface area (Å²) in [5.74, 6) is -0.127. The average molecular weight is 250 g/mol. The normalized spacial score (nSPS) is 20.3. The Balaban J connectivity index is 2.13. The molecule has 98 valence electrons. The molecule has 1 atom stereocenters. The Morgan fingerprint density at radius 2 is 2.28 bits per heavy atom. The third-order valence-electron chi connectivity index (χ3n) is 3.46. The molecule has 3 nitrogen and oxygen atoms in total. The minimum absolute atomic E-state index is 0.0902. The molecule has 1 aliphatic heterocycles. The molecule has 2 rings (SSSR count). The van der Waals surface area contributed by atoms with Gasteiger partial charge in [-0.05, 0) is 36.6 Å². The minimum Gasteiger partial charge on any atom is -0.336 e. The third-order valence-corrected chi connectivity index (χ3v) is 3.46. The topological polar surface area (TPSA) is 32.3 Å². The number of hydrogen-bond acceptors (Lipinski definition) is 2. The molecule has 0 aliphatic carbocycles. The van der Waals surface area contributed by atoms with Gasteiger partial charge in [-0.3, -0.25) is 4.79 Å². The van der Waals surface area contributed by atoms with Gasteiger partial charge in [0.25, 0.3) is 0 Å². The average Bonchev–Trinajstić information content (AvgIpc) is 2.36. The van der Waals surface area contributed by atoms with Crippen molar-refractivity contribution in [2.75, 3.05) is 13.1 Å². The Hall–Kier alpha value is -1.42. The molecule has 1 heterocycles. The lowest BCUT2D eigenvalue weighted by atomic mass is 10.1. The van der Waals surface area contributed by atoms with Crippen molar-refractivity contribution in [3.05, 3.63) is 35.1 Å². The van der Waals surface area contributed by atoms with Crippen molar-refractivity contribution < 1.29 is 9.18 Å². The van der Waals surface area contributed by atoms with Gasteiger partial charge in [0.05, 0.1) is 6.04 Å². The van der Waals surface area contributed by atoms with Gasteiger partial charge < -0.3 is 10.2 Å². The molecular formula is C14H19FN2O. The van der Waals surface area contributed by atoms with Gasteiger partial charge in [-0.1, -0.05) is 13.0 Å². The van der Waals surface area contributed by atoms with Gasteiger partial charge in [0.15, 0.2) is 0 Å². The molecule has 1 amide bonds. The second-order valence-electron chi connectivity index (χ2n) is 4.75. The van der Waals surface area contributed by atoms with Crippen molar-refractivity contribution >= 4 is 5.91 Å². The fourth-order valence-corrected chi connectivity index (χ4v) is 2.28. The van der Waals surface area contributed by atoms with Crippen LogP contribution in [0.5, 0.6) is 0 Å². The molecule has 1 fully saturated rings.